The Labute approximate surface area is 225 Å². The third-order valence-electron chi connectivity index (χ3n) is 8.29. The summed E-state index contributed by atoms with van der Waals surface area (Å²) in [5.74, 6) is 2.41. The van der Waals surface area contributed by atoms with Crippen LogP contribution in [0.2, 0.25) is 5.02 Å². The van der Waals surface area contributed by atoms with Gasteiger partial charge in [-0.15, -0.1) is 0 Å². The van der Waals surface area contributed by atoms with Crippen LogP contribution in [0.3, 0.4) is 0 Å². The molecule has 1 amide bonds. The second-order valence-corrected chi connectivity index (χ2v) is 12.9. The lowest BCUT2D eigenvalue weighted by Gasteiger charge is -2.38. The molecule has 1 saturated heterocycles. The zero-order chi connectivity index (χ0) is 23.8. The van der Waals surface area contributed by atoms with Crippen molar-refractivity contribution in [3.8, 4) is 0 Å². The van der Waals surface area contributed by atoms with E-state index in [4.69, 9.17) is 16.6 Å². The summed E-state index contributed by atoms with van der Waals surface area (Å²) in [7, 11) is 0. The molecular weight excluding hydrogens is 576 g/mol. The van der Waals surface area contributed by atoms with Crippen LogP contribution in [-0.2, 0) is 17.6 Å². The largest absolute Gasteiger partial charge is 0.343 e. The molecule has 3 atom stereocenters. The molecule has 0 unspecified atom stereocenters. The molecule has 1 aromatic carbocycles. The molecule has 3 aliphatic rings. The predicted molar refractivity (Wildman–Crippen MR) is 145 cm³/mol. The second-order valence-electron chi connectivity index (χ2n) is 10.7. The van der Waals surface area contributed by atoms with Crippen molar-refractivity contribution in [3.63, 3.8) is 0 Å². The van der Waals surface area contributed by atoms with Crippen LogP contribution in [0.1, 0.15) is 80.2 Å². The topological polar surface area (TPSA) is 33.2 Å². The molecule has 0 radical (unpaired) electrons. The summed E-state index contributed by atoms with van der Waals surface area (Å²) >= 11 is 13.9. The molecule has 0 spiro atoms. The number of carbonyl (C=O) groups is 1. The Hall–Kier alpha value is -0.910. The molecule has 34 heavy (non-hydrogen) atoms. The fourth-order valence-electron chi connectivity index (χ4n) is 6.63. The Kier molecular flexibility index (Phi) is 7.72. The van der Waals surface area contributed by atoms with Crippen LogP contribution in [-0.4, -0.2) is 28.9 Å². The Balaban J connectivity index is 1.36. The number of hydrogen-bond acceptors (Lipinski definition) is 2. The van der Waals surface area contributed by atoms with Gasteiger partial charge in [0.1, 0.15) is 0 Å². The van der Waals surface area contributed by atoms with Crippen molar-refractivity contribution in [3.05, 3.63) is 60.7 Å². The van der Waals surface area contributed by atoms with E-state index in [1.807, 2.05) is 12.3 Å². The summed E-state index contributed by atoms with van der Waals surface area (Å²) < 4.78 is 2.12. The summed E-state index contributed by atoms with van der Waals surface area (Å²) in [6, 6.07) is 6.40. The molecule has 2 fully saturated rings. The van der Waals surface area contributed by atoms with Crippen LogP contribution in [0.25, 0.3) is 0 Å². The summed E-state index contributed by atoms with van der Waals surface area (Å²) in [5.41, 5.74) is 5.19. The molecule has 5 rings (SSSR count). The molecule has 0 bridgehead atoms. The quantitative estimate of drug-likeness (QED) is 0.354. The maximum Gasteiger partial charge on any atom is 0.222 e. The summed E-state index contributed by atoms with van der Waals surface area (Å²) in [6.45, 7) is 4.05. The van der Waals surface area contributed by atoms with Gasteiger partial charge in [-0.1, -0.05) is 47.3 Å². The maximum atomic E-state index is 13.1. The van der Waals surface area contributed by atoms with Gasteiger partial charge in [0, 0.05) is 45.6 Å². The first-order valence-electron chi connectivity index (χ1n) is 12.8. The number of aryl methyl sites for hydroxylation is 2. The first-order chi connectivity index (χ1) is 16.4. The molecule has 182 valence electrons. The van der Waals surface area contributed by atoms with Gasteiger partial charge in [0.05, 0.1) is 5.69 Å². The minimum absolute atomic E-state index is 0.226. The number of aromatic nitrogens is 1. The van der Waals surface area contributed by atoms with Gasteiger partial charge in [0.2, 0.25) is 5.91 Å². The lowest BCUT2D eigenvalue weighted by Crippen LogP contribution is -2.41. The van der Waals surface area contributed by atoms with Gasteiger partial charge >= 0.3 is 0 Å². The standard InChI is InChI=1S/C28H33Br2ClN2O/c1-17-3-2-4-18(11-17)12-25(34)33-9-7-19(8-10-33)27-26-20(14-23(31)15-24(26)30)5-6-21-13-22(29)16-32-28(21)27/h13-19,27H,2-12H2,1H3/t17-,18-,27+/m0/s1. The number of likely N-dealkylation sites (tertiary alicyclic amines) is 1. The SMILES string of the molecule is C[C@H]1CCC[C@H](CC(=O)N2CCC([C@H]3c4ncc(Br)cc4CCc4cc(Cl)cc(Br)c43)CC2)C1. The summed E-state index contributed by atoms with van der Waals surface area (Å²) in [6.07, 6.45) is 11.7. The molecule has 2 aliphatic carbocycles. The number of rotatable bonds is 3. The number of carbonyl (C=O) groups excluding carboxylic acids is 1. The van der Waals surface area contributed by atoms with E-state index in [-0.39, 0.29) is 5.92 Å². The van der Waals surface area contributed by atoms with Gasteiger partial charge in [-0.05, 0) is 107 Å². The van der Waals surface area contributed by atoms with E-state index in [9.17, 15) is 4.79 Å². The molecule has 2 heterocycles. The maximum absolute atomic E-state index is 13.1. The van der Waals surface area contributed by atoms with Crippen molar-refractivity contribution in [2.45, 2.75) is 70.6 Å². The zero-order valence-corrected chi connectivity index (χ0v) is 23.8. The van der Waals surface area contributed by atoms with Crippen LogP contribution in [0, 0.1) is 17.8 Å². The average molecular weight is 609 g/mol. The first-order valence-corrected chi connectivity index (χ1v) is 14.8. The highest BCUT2D eigenvalue weighted by molar-refractivity contribution is 9.10. The van der Waals surface area contributed by atoms with E-state index >= 15 is 0 Å². The molecule has 1 aliphatic heterocycles. The lowest BCUT2D eigenvalue weighted by molar-refractivity contribution is -0.134. The molecule has 2 aromatic rings. The van der Waals surface area contributed by atoms with Gasteiger partial charge < -0.3 is 4.90 Å². The summed E-state index contributed by atoms with van der Waals surface area (Å²) in [5, 5.41) is 0.780. The van der Waals surface area contributed by atoms with E-state index in [2.05, 4.69) is 55.8 Å². The van der Waals surface area contributed by atoms with Crippen LogP contribution < -0.4 is 0 Å². The highest BCUT2D eigenvalue weighted by Gasteiger charge is 2.36. The number of hydrogen-bond donors (Lipinski definition) is 0. The van der Waals surface area contributed by atoms with E-state index in [0.29, 0.717) is 17.7 Å². The molecule has 1 saturated carbocycles. The lowest BCUT2D eigenvalue weighted by atomic mass is 9.76. The van der Waals surface area contributed by atoms with Gasteiger partial charge in [0.25, 0.3) is 0 Å². The Morgan fingerprint density at radius 3 is 2.62 bits per heavy atom. The monoisotopic (exact) mass is 606 g/mol. The van der Waals surface area contributed by atoms with E-state index < -0.39 is 0 Å². The highest BCUT2D eigenvalue weighted by atomic mass is 79.9. The summed E-state index contributed by atoms with van der Waals surface area (Å²) in [4.78, 5) is 20.2. The number of nitrogens with zero attached hydrogens (tertiary/aromatic N) is 2. The van der Waals surface area contributed by atoms with Crippen LogP contribution >= 0.6 is 43.5 Å². The fraction of sp³-hybridized carbons (Fsp3) is 0.571. The minimum atomic E-state index is 0.226. The third kappa shape index (κ3) is 5.27. The molecule has 6 heteroatoms. The zero-order valence-electron chi connectivity index (χ0n) is 19.8. The van der Waals surface area contributed by atoms with Crippen LogP contribution in [0.4, 0.5) is 0 Å². The minimum Gasteiger partial charge on any atom is -0.343 e. The number of piperidine rings is 1. The fourth-order valence-corrected chi connectivity index (χ4v) is 8.13. The molecule has 1 aromatic heterocycles. The van der Waals surface area contributed by atoms with E-state index in [1.54, 1.807) is 0 Å². The van der Waals surface area contributed by atoms with Gasteiger partial charge in [-0.2, -0.15) is 0 Å². The highest BCUT2D eigenvalue weighted by Crippen LogP contribution is 2.46. The first kappa shape index (κ1) is 24.8. The Bertz CT molecular complexity index is 1070. The third-order valence-corrected chi connectivity index (χ3v) is 9.60. The predicted octanol–water partition coefficient (Wildman–Crippen LogP) is 7.95. The van der Waals surface area contributed by atoms with Crippen LogP contribution in [0.15, 0.2) is 33.3 Å². The average Bonchev–Trinajstić information content (AvgIpc) is 2.96. The molecule has 3 nitrogen and oxygen atoms in total. The molecular formula is C28H33Br2ClN2O. The van der Waals surface area contributed by atoms with Crippen molar-refractivity contribution < 1.29 is 4.79 Å². The van der Waals surface area contributed by atoms with Crippen molar-refractivity contribution >= 4 is 49.4 Å². The Morgan fingerprint density at radius 2 is 1.85 bits per heavy atom. The van der Waals surface area contributed by atoms with Gasteiger partial charge in [0.15, 0.2) is 0 Å². The van der Waals surface area contributed by atoms with Crippen molar-refractivity contribution in [2.75, 3.05) is 13.1 Å². The van der Waals surface area contributed by atoms with Gasteiger partial charge in [-0.3, -0.25) is 9.78 Å². The van der Waals surface area contributed by atoms with Gasteiger partial charge in [-0.25, -0.2) is 0 Å². The van der Waals surface area contributed by atoms with Crippen molar-refractivity contribution in [1.29, 1.82) is 0 Å². The van der Waals surface area contributed by atoms with E-state index in [0.717, 1.165) is 65.1 Å². The van der Waals surface area contributed by atoms with Crippen LogP contribution in [0.5, 0.6) is 0 Å². The molecule has 0 N–H and O–H groups in total. The second kappa shape index (κ2) is 10.6. The number of amides is 1. The number of halogens is 3. The smallest absolute Gasteiger partial charge is 0.222 e. The number of pyridine rings is 1. The Morgan fingerprint density at radius 1 is 1.09 bits per heavy atom. The number of benzene rings is 1. The number of fused-ring (bicyclic) bond motifs is 2. The normalized spacial score (nSPS) is 25.4. The van der Waals surface area contributed by atoms with Crippen molar-refractivity contribution in [2.24, 2.45) is 17.8 Å². The van der Waals surface area contributed by atoms with E-state index in [1.165, 1.54) is 48.1 Å². The van der Waals surface area contributed by atoms with Crippen molar-refractivity contribution in [1.82, 2.24) is 9.88 Å².